The Kier molecular flexibility index (Phi) is 17.8. The molecule has 0 spiro atoms. The number of amides is 1. The van der Waals surface area contributed by atoms with E-state index in [4.69, 9.17) is 14.6 Å². The summed E-state index contributed by atoms with van der Waals surface area (Å²) in [7, 11) is 0. The minimum absolute atomic E-state index is 0.370. The summed E-state index contributed by atoms with van der Waals surface area (Å²) in [6.45, 7) is 6.69. The van der Waals surface area contributed by atoms with Crippen LogP contribution in [0.1, 0.15) is 27.7 Å². The summed E-state index contributed by atoms with van der Waals surface area (Å²) in [6.07, 6.45) is -0.370. The van der Waals surface area contributed by atoms with Crippen LogP contribution in [-0.2, 0) is 9.53 Å². The maximum absolute atomic E-state index is 12.8. The Morgan fingerprint density at radius 3 is 1.27 bits per heavy atom. The molecular formula is C43H35Br6N3O4S3. The molecule has 0 unspecified atom stereocenters. The number of hydrogen-bond acceptors (Lipinski definition) is 8. The van der Waals surface area contributed by atoms with Crippen molar-refractivity contribution in [2.75, 3.05) is 15.5 Å². The zero-order chi connectivity index (χ0) is 42.9. The van der Waals surface area contributed by atoms with Gasteiger partial charge in [0.15, 0.2) is 0 Å². The van der Waals surface area contributed by atoms with Crippen molar-refractivity contribution in [1.29, 1.82) is 0 Å². The van der Waals surface area contributed by atoms with Crippen molar-refractivity contribution in [2.45, 2.75) is 62.7 Å². The lowest BCUT2D eigenvalue weighted by molar-refractivity contribution is -0.134. The van der Waals surface area contributed by atoms with Crippen LogP contribution in [0.15, 0.2) is 169 Å². The van der Waals surface area contributed by atoms with Crippen LogP contribution in [0.25, 0.3) is 0 Å². The Bertz CT molecular complexity index is 2280. The van der Waals surface area contributed by atoms with Crippen molar-refractivity contribution in [2.24, 2.45) is 0 Å². The fraction of sp³-hybridized carbons (Fsp3) is 0.116. The minimum atomic E-state index is -0.833. The van der Waals surface area contributed by atoms with Crippen molar-refractivity contribution in [3.63, 3.8) is 0 Å². The summed E-state index contributed by atoms with van der Waals surface area (Å²) in [6, 6.07) is 41.1. The maximum Gasteiger partial charge on any atom is 0.419 e. The van der Waals surface area contributed by atoms with E-state index in [0.717, 1.165) is 46.0 Å². The summed E-state index contributed by atoms with van der Waals surface area (Å²) in [4.78, 5) is 30.5. The molecule has 0 aliphatic carbocycles. The molecule has 0 saturated heterocycles. The molecule has 0 fully saturated rings. The first-order chi connectivity index (χ1) is 28.1. The average molecular weight is 1230 g/mol. The highest BCUT2D eigenvalue weighted by atomic mass is 80.9. The van der Waals surface area contributed by atoms with Gasteiger partial charge in [-0.3, -0.25) is 4.79 Å². The first-order valence-electron chi connectivity index (χ1n) is 17.4. The zero-order valence-electron chi connectivity index (χ0n) is 31.7. The van der Waals surface area contributed by atoms with Gasteiger partial charge in [-0.05, 0) is 118 Å². The topological polar surface area (TPSA) is 90.9 Å². The molecule has 59 heavy (non-hydrogen) atoms. The van der Waals surface area contributed by atoms with Crippen molar-refractivity contribution in [3.05, 3.63) is 139 Å². The van der Waals surface area contributed by atoms with Crippen LogP contribution in [0.2, 0.25) is 0 Å². The van der Waals surface area contributed by atoms with E-state index >= 15 is 0 Å². The molecule has 16 heteroatoms. The lowest BCUT2D eigenvalue weighted by Gasteiger charge is -2.33. The van der Waals surface area contributed by atoms with Gasteiger partial charge in [0.05, 0.1) is 34.1 Å². The molecule has 0 radical (unpaired) electrons. The van der Waals surface area contributed by atoms with Crippen molar-refractivity contribution < 1.29 is 19.4 Å². The quantitative estimate of drug-likeness (QED) is 0.137. The van der Waals surface area contributed by atoms with E-state index in [1.807, 2.05) is 68.9 Å². The standard InChI is InChI=1S/C17H15Br2NO2S.C12H7Br2NS.C12H9NS.C2H4O2.Br2/c1-17(2,3)22-16(21)20-12-6-4-10(18)8-14(12)23-15-9-11(19)5-7-13(15)20;13-7-1-3-9-11(5-7)16-12-6-8(14)2-4-10(12)15-9;1-3-7-11-9(5-1)13-10-6-2-4-8-12(10)14-11;1-2(3)4;1-2/h4-9H,1-3H3;1-6,15H;1-8,13H;1H3,(H,3,4);. The molecule has 3 heterocycles. The number of carboxylic acids is 1. The van der Waals surface area contributed by atoms with Gasteiger partial charge in [-0.25, -0.2) is 9.69 Å². The lowest BCUT2D eigenvalue weighted by atomic mass is 10.2. The fourth-order valence-electron chi connectivity index (χ4n) is 5.47. The number of aliphatic carboxylic acids is 1. The van der Waals surface area contributed by atoms with Crippen molar-refractivity contribution in [1.82, 2.24) is 0 Å². The molecule has 6 aromatic carbocycles. The van der Waals surface area contributed by atoms with Gasteiger partial charge >= 0.3 is 6.09 Å². The van der Waals surface area contributed by atoms with E-state index in [-0.39, 0.29) is 6.09 Å². The summed E-state index contributed by atoms with van der Waals surface area (Å²) >= 11 is 24.7. The Hall–Kier alpha value is -2.41. The van der Waals surface area contributed by atoms with Crippen LogP contribution in [-0.4, -0.2) is 22.8 Å². The largest absolute Gasteiger partial charge is 0.481 e. The molecule has 3 N–H and O–H groups in total. The van der Waals surface area contributed by atoms with Gasteiger partial charge in [0.25, 0.3) is 5.97 Å². The van der Waals surface area contributed by atoms with Crippen molar-refractivity contribution >= 4 is 173 Å². The number of nitrogens with zero attached hydrogens (tertiary/aromatic N) is 1. The number of anilines is 6. The molecule has 0 bridgehead atoms. The van der Waals surface area contributed by atoms with Gasteiger partial charge in [-0.2, -0.15) is 0 Å². The number of rotatable bonds is 0. The minimum Gasteiger partial charge on any atom is -0.481 e. The van der Waals surface area contributed by atoms with Gasteiger partial charge in [0, 0.05) is 82.4 Å². The molecule has 7 nitrogen and oxygen atoms in total. The fourth-order valence-corrected chi connectivity index (χ4v) is 10.7. The molecular weight excluding hydrogens is 1200 g/mol. The zero-order valence-corrected chi connectivity index (χ0v) is 43.6. The van der Waals surface area contributed by atoms with Crippen LogP contribution in [0.4, 0.5) is 38.9 Å². The van der Waals surface area contributed by atoms with Crippen molar-refractivity contribution in [3.8, 4) is 0 Å². The highest BCUT2D eigenvalue weighted by molar-refractivity contribution is 9.93. The summed E-state index contributed by atoms with van der Waals surface area (Å²) in [5, 5.41) is 14.3. The first kappa shape index (κ1) is 47.6. The SMILES string of the molecule is BrBr.Brc1ccc2c(c1)Sc1cc(Br)ccc1N2.CC(=O)O.CC(C)(C)OC(=O)N1c2ccc(Br)cc2Sc2cc(Br)ccc21.c1ccc2c(c1)Nc1ccccc1S2. The third-order valence-electron chi connectivity index (χ3n) is 7.76. The third-order valence-corrected chi connectivity index (χ3v) is 13.1. The number of fused-ring (bicyclic) bond motifs is 6. The number of carboxylic acid groups (broad SMARTS) is 1. The number of para-hydroxylation sites is 2. The number of halogens is 6. The van der Waals surface area contributed by atoms with Crippen LogP contribution in [0.5, 0.6) is 0 Å². The highest BCUT2D eigenvalue weighted by Gasteiger charge is 2.32. The van der Waals surface area contributed by atoms with Crippen LogP contribution in [0, 0.1) is 0 Å². The maximum atomic E-state index is 12.8. The van der Waals surface area contributed by atoms with Crippen LogP contribution >= 0.6 is 127 Å². The van der Waals surface area contributed by atoms with Crippen LogP contribution < -0.4 is 15.5 Å². The van der Waals surface area contributed by atoms with Gasteiger partial charge in [-0.1, -0.05) is 123 Å². The summed E-state index contributed by atoms with van der Waals surface area (Å²) < 4.78 is 9.78. The number of carbonyl (C=O) groups is 2. The summed E-state index contributed by atoms with van der Waals surface area (Å²) in [5.74, 6) is -0.833. The number of ether oxygens (including phenoxy) is 1. The monoisotopic (exact) mass is 1230 g/mol. The number of hydrogen-bond donors (Lipinski definition) is 3. The molecule has 0 aromatic heterocycles. The Morgan fingerprint density at radius 1 is 0.542 bits per heavy atom. The third kappa shape index (κ3) is 13.5. The molecule has 306 valence electrons. The molecule has 3 aliphatic rings. The van der Waals surface area contributed by atoms with E-state index in [1.165, 1.54) is 42.3 Å². The Labute approximate surface area is 406 Å². The van der Waals surface area contributed by atoms with E-state index in [9.17, 15) is 4.79 Å². The molecule has 1 amide bonds. The smallest absolute Gasteiger partial charge is 0.419 e. The van der Waals surface area contributed by atoms with Crippen LogP contribution in [0.3, 0.4) is 0 Å². The van der Waals surface area contributed by atoms with E-state index in [0.29, 0.717) is 0 Å². The van der Waals surface area contributed by atoms with E-state index in [2.05, 4.69) is 188 Å². The number of carbonyl (C=O) groups excluding carboxylic acids is 1. The molecule has 6 aromatic rings. The number of benzene rings is 6. The van der Waals surface area contributed by atoms with E-state index < -0.39 is 11.6 Å². The second-order valence-electron chi connectivity index (χ2n) is 13.4. The van der Waals surface area contributed by atoms with Gasteiger partial charge in [-0.15, -0.1) is 0 Å². The normalized spacial score (nSPS) is 12.1. The Morgan fingerprint density at radius 2 is 0.864 bits per heavy atom. The molecule has 0 saturated carbocycles. The molecule has 9 rings (SSSR count). The van der Waals surface area contributed by atoms with Gasteiger partial charge in [0.1, 0.15) is 5.60 Å². The molecule has 0 atom stereocenters. The summed E-state index contributed by atoms with van der Waals surface area (Å²) in [5.41, 5.74) is 5.87. The van der Waals surface area contributed by atoms with Gasteiger partial charge < -0.3 is 20.5 Å². The van der Waals surface area contributed by atoms with Gasteiger partial charge in [0.2, 0.25) is 0 Å². The second kappa shape index (κ2) is 22.1. The predicted octanol–water partition coefficient (Wildman–Crippen LogP) is 17.8. The molecule has 3 aliphatic heterocycles. The Balaban J connectivity index is 0.000000162. The first-order valence-corrected chi connectivity index (χ1v) is 26.8. The second-order valence-corrected chi connectivity index (χ2v) is 20.3. The number of nitrogens with one attached hydrogen (secondary N) is 2. The lowest BCUT2D eigenvalue weighted by Crippen LogP contribution is -2.35. The van der Waals surface area contributed by atoms with E-state index in [1.54, 1.807) is 28.4 Å². The predicted molar refractivity (Wildman–Crippen MR) is 268 cm³/mol. The average Bonchev–Trinajstić information content (AvgIpc) is 3.18. The highest BCUT2D eigenvalue weighted by Crippen LogP contribution is 2.50.